The zero-order valence-electron chi connectivity index (χ0n) is 5.52. The largest absolute Gasteiger partial charge is 0.308 e. The van der Waals surface area contributed by atoms with E-state index in [9.17, 15) is 0 Å². The molecule has 0 bridgehead atoms. The fraction of sp³-hybridized carbons (Fsp3) is 0.400. The first-order valence-corrected chi connectivity index (χ1v) is 2.75. The second-order valence-corrected chi connectivity index (χ2v) is 1.77. The zero-order chi connectivity index (χ0) is 7.40. The molecule has 1 aromatic rings. The summed E-state index contributed by atoms with van der Waals surface area (Å²) in [6.45, 7) is 1.96. The lowest BCUT2D eigenvalue weighted by Gasteiger charge is -2.00. The normalized spacial score (nSPS) is 10.2. The maximum absolute atomic E-state index is 7.80. The molecule has 0 aromatic carbocycles. The van der Waals surface area contributed by atoms with Crippen molar-refractivity contribution in [2.24, 2.45) is 0 Å². The van der Waals surface area contributed by atoms with Gasteiger partial charge in [-0.05, 0) is 6.92 Å². The van der Waals surface area contributed by atoms with Crippen LogP contribution in [0.15, 0.2) is 12.4 Å². The minimum atomic E-state index is 0.141. The van der Waals surface area contributed by atoms with Crippen molar-refractivity contribution in [1.82, 2.24) is 9.55 Å². The quantitative estimate of drug-likeness (QED) is 0.497. The molecule has 5 nitrogen and oxygen atoms in total. The second kappa shape index (κ2) is 3.31. The molecule has 0 aliphatic heterocycles. The fourth-order valence-electron chi connectivity index (χ4n) is 0.621. The monoisotopic (exact) mass is 144 g/mol. The van der Waals surface area contributed by atoms with Crippen molar-refractivity contribution in [3.63, 3.8) is 0 Å². The van der Waals surface area contributed by atoms with E-state index in [0.29, 0.717) is 0 Å². The molecule has 0 unspecified atom stereocenters. The van der Waals surface area contributed by atoms with E-state index in [1.807, 2.05) is 6.92 Å². The van der Waals surface area contributed by atoms with E-state index in [1.54, 1.807) is 17.0 Å². The van der Waals surface area contributed by atoms with Crippen molar-refractivity contribution in [2.45, 2.75) is 13.7 Å². The molecule has 0 aliphatic rings. The maximum atomic E-state index is 7.80. The van der Waals surface area contributed by atoms with E-state index in [-0.39, 0.29) is 6.73 Å². The molecule has 1 heterocycles. The molecule has 0 saturated carbocycles. The van der Waals surface area contributed by atoms with E-state index in [1.165, 1.54) is 0 Å². The highest BCUT2D eigenvalue weighted by Gasteiger charge is 1.94. The van der Waals surface area contributed by atoms with Crippen LogP contribution in [0.3, 0.4) is 0 Å². The van der Waals surface area contributed by atoms with Gasteiger partial charge in [0.05, 0.1) is 0 Å². The second-order valence-electron chi connectivity index (χ2n) is 1.77. The van der Waals surface area contributed by atoms with Gasteiger partial charge in [-0.2, -0.15) is 4.89 Å². The van der Waals surface area contributed by atoms with Gasteiger partial charge in [0.15, 0.2) is 6.73 Å². The minimum Gasteiger partial charge on any atom is -0.308 e. The third kappa shape index (κ3) is 1.53. The van der Waals surface area contributed by atoms with E-state index < -0.39 is 0 Å². The molecule has 0 radical (unpaired) electrons. The fourth-order valence-corrected chi connectivity index (χ4v) is 0.621. The Hall–Kier alpha value is -0.910. The number of hydrogen-bond acceptors (Lipinski definition) is 4. The average Bonchev–Trinajstić information content (AvgIpc) is 2.31. The molecule has 56 valence electrons. The van der Waals surface area contributed by atoms with Crippen molar-refractivity contribution in [3.8, 4) is 0 Å². The van der Waals surface area contributed by atoms with Crippen LogP contribution in [0.1, 0.15) is 5.82 Å². The van der Waals surface area contributed by atoms with Crippen LogP contribution < -0.4 is 0 Å². The van der Waals surface area contributed by atoms with Crippen molar-refractivity contribution in [3.05, 3.63) is 18.2 Å². The summed E-state index contributed by atoms with van der Waals surface area (Å²) < 4.78 is 1.68. The lowest BCUT2D eigenvalue weighted by atomic mass is 10.7. The van der Waals surface area contributed by atoms with E-state index in [4.69, 9.17) is 5.26 Å². The van der Waals surface area contributed by atoms with Crippen LogP contribution in [-0.2, 0) is 16.7 Å². The third-order valence-corrected chi connectivity index (χ3v) is 1.17. The summed E-state index contributed by atoms with van der Waals surface area (Å²) in [5, 5.41) is 11.2. The summed E-state index contributed by atoms with van der Waals surface area (Å²) in [7, 11) is 0. The van der Waals surface area contributed by atoms with Crippen molar-refractivity contribution < 1.29 is 15.2 Å². The molecule has 10 heavy (non-hydrogen) atoms. The lowest BCUT2D eigenvalue weighted by Crippen LogP contribution is -2.02. The molecule has 1 N–H and O–H groups in total. The predicted octanol–water partition coefficient (Wildman–Crippen LogP) is 0.570. The van der Waals surface area contributed by atoms with Crippen LogP contribution in [-0.4, -0.2) is 14.8 Å². The molecule has 0 atom stereocenters. The van der Waals surface area contributed by atoms with Crippen molar-refractivity contribution in [2.75, 3.05) is 0 Å². The highest BCUT2D eigenvalue weighted by molar-refractivity contribution is 4.86. The van der Waals surface area contributed by atoms with Gasteiger partial charge in [-0.25, -0.2) is 10.2 Å². The van der Waals surface area contributed by atoms with E-state index in [2.05, 4.69) is 14.9 Å². The standard InChI is InChI=1S/C5H8N2O3/c1-5-6-2-3-7(5)4-9-10-8/h2-3,8H,4H2,1H3. The Morgan fingerprint density at radius 3 is 3.10 bits per heavy atom. The van der Waals surface area contributed by atoms with Crippen LogP contribution in [0, 0.1) is 6.92 Å². The lowest BCUT2D eigenvalue weighted by molar-refractivity contribution is -0.503. The molecule has 0 amide bonds. The SMILES string of the molecule is Cc1nccn1COOO. The Balaban J connectivity index is 2.49. The third-order valence-electron chi connectivity index (χ3n) is 1.17. The molecule has 0 fully saturated rings. The van der Waals surface area contributed by atoms with Gasteiger partial charge in [0.25, 0.3) is 0 Å². The first-order valence-electron chi connectivity index (χ1n) is 2.75. The first-order chi connectivity index (χ1) is 4.84. The van der Waals surface area contributed by atoms with Gasteiger partial charge in [-0.1, -0.05) is 5.04 Å². The van der Waals surface area contributed by atoms with Gasteiger partial charge in [-0.3, -0.25) is 0 Å². The topological polar surface area (TPSA) is 56.5 Å². The summed E-state index contributed by atoms with van der Waals surface area (Å²) in [6, 6.07) is 0. The van der Waals surface area contributed by atoms with Gasteiger partial charge in [0.2, 0.25) is 0 Å². The molecule has 1 rings (SSSR count). The number of rotatable bonds is 3. The van der Waals surface area contributed by atoms with Crippen LogP contribution in [0.25, 0.3) is 0 Å². The number of aromatic nitrogens is 2. The molecule has 0 spiro atoms. The molecular formula is C5H8N2O3. The Bertz CT molecular complexity index is 199. The van der Waals surface area contributed by atoms with Gasteiger partial charge in [-0.15, -0.1) is 0 Å². The molecule has 5 heteroatoms. The summed E-state index contributed by atoms with van der Waals surface area (Å²) in [4.78, 5) is 8.15. The van der Waals surface area contributed by atoms with E-state index in [0.717, 1.165) is 5.82 Å². The minimum absolute atomic E-state index is 0.141. The number of nitrogens with zero attached hydrogens (tertiary/aromatic N) is 2. The Morgan fingerprint density at radius 1 is 1.80 bits per heavy atom. The zero-order valence-corrected chi connectivity index (χ0v) is 5.52. The molecular weight excluding hydrogens is 136 g/mol. The summed E-state index contributed by atoms with van der Waals surface area (Å²) >= 11 is 0. The van der Waals surface area contributed by atoms with Crippen LogP contribution in [0.2, 0.25) is 0 Å². The van der Waals surface area contributed by atoms with Gasteiger partial charge < -0.3 is 4.57 Å². The van der Waals surface area contributed by atoms with Gasteiger partial charge >= 0.3 is 0 Å². The van der Waals surface area contributed by atoms with Crippen LogP contribution in [0.5, 0.6) is 0 Å². The Morgan fingerprint density at radius 2 is 2.60 bits per heavy atom. The number of imidazole rings is 1. The smallest absolute Gasteiger partial charge is 0.162 e. The van der Waals surface area contributed by atoms with Crippen LogP contribution in [0.4, 0.5) is 0 Å². The Labute approximate surface area is 57.7 Å². The Kier molecular flexibility index (Phi) is 2.38. The maximum Gasteiger partial charge on any atom is 0.162 e. The number of hydrogen-bond donors (Lipinski definition) is 1. The predicted molar refractivity (Wildman–Crippen MR) is 31.8 cm³/mol. The summed E-state index contributed by atoms with van der Waals surface area (Å²) in [6.07, 6.45) is 3.35. The molecule has 0 saturated heterocycles. The van der Waals surface area contributed by atoms with Gasteiger partial charge in [0.1, 0.15) is 5.82 Å². The van der Waals surface area contributed by atoms with Gasteiger partial charge in [0, 0.05) is 12.4 Å². The summed E-state index contributed by atoms with van der Waals surface area (Å²) in [5.74, 6) is 0.803. The highest BCUT2D eigenvalue weighted by atomic mass is 17.5. The van der Waals surface area contributed by atoms with Crippen molar-refractivity contribution >= 4 is 0 Å². The molecule has 0 aliphatic carbocycles. The van der Waals surface area contributed by atoms with Crippen molar-refractivity contribution in [1.29, 1.82) is 0 Å². The van der Waals surface area contributed by atoms with E-state index >= 15 is 0 Å². The summed E-state index contributed by atoms with van der Waals surface area (Å²) in [5.41, 5.74) is 0. The van der Waals surface area contributed by atoms with Crippen LogP contribution >= 0.6 is 0 Å². The highest BCUT2D eigenvalue weighted by Crippen LogP contribution is 1.94. The average molecular weight is 144 g/mol. The molecule has 1 aromatic heterocycles. The first kappa shape index (κ1) is 7.20. The number of aryl methyl sites for hydroxylation is 1.